The molecule has 4 nitrogen and oxygen atoms in total. The van der Waals surface area contributed by atoms with Crippen LogP contribution < -0.4 is 4.90 Å². The Hall–Kier alpha value is -1.88. The fraction of sp³-hybridized carbons (Fsp3) is 0.250. The molecule has 0 radical (unpaired) electrons. The molecule has 110 valence electrons. The maximum absolute atomic E-state index is 11.0. The predicted octanol–water partition coefficient (Wildman–Crippen LogP) is 4.61. The molecule has 0 heterocycles. The van der Waals surface area contributed by atoms with Crippen LogP contribution in [0.1, 0.15) is 16.7 Å². The molecule has 0 spiro atoms. The second-order valence-electron chi connectivity index (χ2n) is 5.24. The van der Waals surface area contributed by atoms with Crippen LogP contribution in [0.15, 0.2) is 40.9 Å². The average Bonchev–Trinajstić information content (AvgIpc) is 2.39. The number of hydrogen-bond acceptors (Lipinski definition) is 3. The van der Waals surface area contributed by atoms with Crippen molar-refractivity contribution in [3.63, 3.8) is 0 Å². The van der Waals surface area contributed by atoms with E-state index < -0.39 is 0 Å². The van der Waals surface area contributed by atoms with Gasteiger partial charge in [0.25, 0.3) is 5.69 Å². The molecule has 0 saturated carbocycles. The SMILES string of the molecule is Cc1cc(C)cc(N(C)Cc2ccc(Br)c([N+](=O)[O-])c2)c1. The molecule has 0 amide bonds. The van der Waals surface area contributed by atoms with E-state index >= 15 is 0 Å². The van der Waals surface area contributed by atoms with E-state index in [-0.39, 0.29) is 10.6 Å². The van der Waals surface area contributed by atoms with E-state index in [2.05, 4.69) is 52.9 Å². The lowest BCUT2D eigenvalue weighted by molar-refractivity contribution is -0.385. The van der Waals surface area contributed by atoms with Gasteiger partial charge in [-0.2, -0.15) is 0 Å². The zero-order valence-corrected chi connectivity index (χ0v) is 13.8. The number of hydrogen-bond donors (Lipinski definition) is 0. The first-order valence-corrected chi connectivity index (χ1v) is 7.38. The Kier molecular flexibility index (Phi) is 4.63. The van der Waals surface area contributed by atoms with Crippen molar-refractivity contribution in [2.45, 2.75) is 20.4 Å². The van der Waals surface area contributed by atoms with Crippen LogP contribution in [-0.2, 0) is 6.54 Å². The van der Waals surface area contributed by atoms with E-state index in [1.807, 2.05) is 13.1 Å². The third-order valence-electron chi connectivity index (χ3n) is 3.27. The Balaban J connectivity index is 2.25. The zero-order chi connectivity index (χ0) is 15.6. The van der Waals surface area contributed by atoms with Crippen LogP contribution in [0.25, 0.3) is 0 Å². The summed E-state index contributed by atoms with van der Waals surface area (Å²) < 4.78 is 0.505. The summed E-state index contributed by atoms with van der Waals surface area (Å²) in [5.74, 6) is 0. The summed E-state index contributed by atoms with van der Waals surface area (Å²) in [5, 5.41) is 11.0. The van der Waals surface area contributed by atoms with Crippen molar-refractivity contribution in [3.8, 4) is 0 Å². The van der Waals surface area contributed by atoms with Gasteiger partial charge in [0.15, 0.2) is 0 Å². The number of aryl methyl sites for hydroxylation is 2. The fourth-order valence-corrected chi connectivity index (χ4v) is 2.72. The van der Waals surface area contributed by atoms with Crippen LogP contribution in [0.2, 0.25) is 0 Å². The molecule has 0 unspecified atom stereocenters. The lowest BCUT2D eigenvalue weighted by Crippen LogP contribution is -2.16. The number of halogens is 1. The van der Waals surface area contributed by atoms with Gasteiger partial charge in [-0.3, -0.25) is 10.1 Å². The van der Waals surface area contributed by atoms with Crippen LogP contribution in [0, 0.1) is 24.0 Å². The van der Waals surface area contributed by atoms with Gasteiger partial charge >= 0.3 is 0 Å². The zero-order valence-electron chi connectivity index (χ0n) is 12.3. The highest BCUT2D eigenvalue weighted by molar-refractivity contribution is 9.10. The standard InChI is InChI=1S/C16H17BrN2O2/c1-11-6-12(2)8-14(7-11)18(3)10-13-4-5-15(17)16(9-13)19(20)21/h4-9H,10H2,1-3H3. The van der Waals surface area contributed by atoms with Crippen LogP contribution in [0.3, 0.4) is 0 Å². The van der Waals surface area contributed by atoms with Crippen molar-refractivity contribution in [1.29, 1.82) is 0 Å². The molecule has 0 saturated heterocycles. The quantitative estimate of drug-likeness (QED) is 0.598. The van der Waals surface area contributed by atoms with E-state index in [0.717, 1.165) is 11.3 Å². The van der Waals surface area contributed by atoms with Crippen molar-refractivity contribution >= 4 is 27.3 Å². The first-order valence-electron chi connectivity index (χ1n) is 6.59. The third-order valence-corrected chi connectivity index (χ3v) is 3.94. The van der Waals surface area contributed by atoms with Crippen molar-refractivity contribution in [2.24, 2.45) is 0 Å². The van der Waals surface area contributed by atoms with E-state index in [4.69, 9.17) is 0 Å². The molecule has 0 bridgehead atoms. The summed E-state index contributed by atoms with van der Waals surface area (Å²) in [7, 11) is 1.99. The molecule has 5 heteroatoms. The molecule has 0 aliphatic carbocycles. The van der Waals surface area contributed by atoms with E-state index in [9.17, 15) is 10.1 Å². The second kappa shape index (κ2) is 6.26. The fourth-order valence-electron chi connectivity index (χ4n) is 2.33. The summed E-state index contributed by atoms with van der Waals surface area (Å²) in [4.78, 5) is 12.7. The second-order valence-corrected chi connectivity index (χ2v) is 6.10. The number of nitro groups is 1. The van der Waals surface area contributed by atoms with Crippen molar-refractivity contribution in [1.82, 2.24) is 0 Å². The summed E-state index contributed by atoms with van der Waals surface area (Å²) >= 11 is 3.21. The van der Waals surface area contributed by atoms with E-state index in [1.54, 1.807) is 12.1 Å². The minimum absolute atomic E-state index is 0.0984. The summed E-state index contributed by atoms with van der Waals surface area (Å²) in [5.41, 5.74) is 4.53. The van der Waals surface area contributed by atoms with Gasteiger partial charge in [0.1, 0.15) is 0 Å². The highest BCUT2D eigenvalue weighted by Crippen LogP contribution is 2.27. The van der Waals surface area contributed by atoms with Crippen molar-refractivity contribution < 1.29 is 4.92 Å². The summed E-state index contributed by atoms with van der Waals surface area (Å²) in [6, 6.07) is 11.6. The van der Waals surface area contributed by atoms with E-state index in [1.165, 1.54) is 11.1 Å². The molecule has 2 rings (SSSR count). The molecule has 0 fully saturated rings. The Morgan fingerprint density at radius 1 is 1.14 bits per heavy atom. The van der Waals surface area contributed by atoms with Crippen LogP contribution in [0.4, 0.5) is 11.4 Å². The van der Waals surface area contributed by atoms with Gasteiger partial charge in [0, 0.05) is 25.3 Å². The van der Waals surface area contributed by atoms with Gasteiger partial charge in [-0.15, -0.1) is 0 Å². The maximum atomic E-state index is 11.0. The molecule has 0 aliphatic heterocycles. The number of nitrogens with zero attached hydrogens (tertiary/aromatic N) is 2. The molecule has 2 aromatic rings. The number of benzene rings is 2. The first kappa shape index (κ1) is 15.5. The third kappa shape index (κ3) is 3.82. The van der Waals surface area contributed by atoms with Gasteiger partial charge in [0.05, 0.1) is 9.40 Å². The maximum Gasteiger partial charge on any atom is 0.283 e. The molecule has 0 aliphatic rings. The minimum atomic E-state index is -0.371. The average molecular weight is 349 g/mol. The molecule has 2 aromatic carbocycles. The summed E-state index contributed by atoms with van der Waals surface area (Å²) in [6.45, 7) is 4.75. The molecule has 0 N–H and O–H groups in total. The van der Waals surface area contributed by atoms with E-state index in [0.29, 0.717) is 11.0 Å². The normalized spacial score (nSPS) is 10.5. The van der Waals surface area contributed by atoms with Crippen LogP contribution >= 0.6 is 15.9 Å². The van der Waals surface area contributed by atoms with Crippen LogP contribution in [0.5, 0.6) is 0 Å². The predicted molar refractivity (Wildman–Crippen MR) is 88.8 cm³/mol. The highest BCUT2D eigenvalue weighted by atomic mass is 79.9. The monoisotopic (exact) mass is 348 g/mol. The van der Waals surface area contributed by atoms with Gasteiger partial charge < -0.3 is 4.90 Å². The Labute approximate surface area is 132 Å². The Morgan fingerprint density at radius 3 is 2.33 bits per heavy atom. The smallest absolute Gasteiger partial charge is 0.283 e. The lowest BCUT2D eigenvalue weighted by Gasteiger charge is -2.20. The van der Waals surface area contributed by atoms with Crippen molar-refractivity contribution in [2.75, 3.05) is 11.9 Å². The number of rotatable bonds is 4. The Morgan fingerprint density at radius 2 is 1.76 bits per heavy atom. The summed E-state index contributed by atoms with van der Waals surface area (Å²) in [6.07, 6.45) is 0. The number of anilines is 1. The topological polar surface area (TPSA) is 46.4 Å². The first-order chi connectivity index (χ1) is 9.86. The molecule has 21 heavy (non-hydrogen) atoms. The lowest BCUT2D eigenvalue weighted by atomic mass is 10.1. The number of nitro benzene ring substituents is 1. The minimum Gasteiger partial charge on any atom is -0.370 e. The van der Waals surface area contributed by atoms with Crippen molar-refractivity contribution in [3.05, 3.63) is 67.7 Å². The van der Waals surface area contributed by atoms with Gasteiger partial charge in [-0.25, -0.2) is 0 Å². The molecule has 0 aromatic heterocycles. The Bertz CT molecular complexity index is 666. The van der Waals surface area contributed by atoms with Crippen LogP contribution in [-0.4, -0.2) is 12.0 Å². The molecular formula is C16H17BrN2O2. The van der Waals surface area contributed by atoms with Gasteiger partial charge in [0.2, 0.25) is 0 Å². The highest BCUT2D eigenvalue weighted by Gasteiger charge is 2.13. The largest absolute Gasteiger partial charge is 0.370 e. The van der Waals surface area contributed by atoms with Gasteiger partial charge in [-0.1, -0.05) is 12.1 Å². The molecule has 0 atom stereocenters. The molecular weight excluding hydrogens is 332 g/mol. The van der Waals surface area contributed by atoms with Gasteiger partial charge in [-0.05, 0) is 64.7 Å².